The number of ether oxygens (including phenoxy) is 1. The van der Waals surface area contributed by atoms with Crippen LogP contribution in [0, 0.1) is 21.4 Å². The van der Waals surface area contributed by atoms with E-state index in [4.69, 9.17) is 33.2 Å². The van der Waals surface area contributed by atoms with Crippen LogP contribution in [0.25, 0.3) is 0 Å². The second kappa shape index (κ2) is 5.74. The Morgan fingerprint density at radius 3 is 2.65 bits per heavy atom. The van der Waals surface area contributed by atoms with Crippen molar-refractivity contribution in [2.45, 2.75) is 0 Å². The fourth-order valence-corrected chi connectivity index (χ4v) is 1.73. The van der Waals surface area contributed by atoms with Gasteiger partial charge in [0.15, 0.2) is 5.75 Å². The molecule has 20 heavy (non-hydrogen) atoms. The van der Waals surface area contributed by atoms with E-state index in [0.717, 1.165) is 6.07 Å². The Kier molecular flexibility index (Phi) is 4.03. The minimum absolute atomic E-state index is 0.0393. The second-order valence-electron chi connectivity index (χ2n) is 3.58. The van der Waals surface area contributed by atoms with Crippen LogP contribution >= 0.6 is 23.2 Å². The van der Waals surface area contributed by atoms with Crippen LogP contribution in [0.4, 0.5) is 5.69 Å². The number of benzene rings is 1. The summed E-state index contributed by atoms with van der Waals surface area (Å²) in [6.45, 7) is 0. The fourth-order valence-electron chi connectivity index (χ4n) is 1.41. The zero-order chi connectivity index (χ0) is 14.7. The van der Waals surface area contributed by atoms with Crippen molar-refractivity contribution in [3.63, 3.8) is 0 Å². The van der Waals surface area contributed by atoms with E-state index in [9.17, 15) is 10.1 Å². The average molecular weight is 310 g/mol. The third kappa shape index (κ3) is 2.79. The molecule has 0 aliphatic rings. The Labute approximate surface area is 123 Å². The lowest BCUT2D eigenvalue weighted by atomic mass is 10.2. The van der Waals surface area contributed by atoms with E-state index < -0.39 is 4.92 Å². The predicted molar refractivity (Wildman–Crippen MR) is 72.1 cm³/mol. The molecule has 1 aromatic carbocycles. The largest absolute Gasteiger partial charge is 0.447 e. The summed E-state index contributed by atoms with van der Waals surface area (Å²) >= 11 is 11.5. The molecule has 0 radical (unpaired) electrons. The number of aromatic nitrogens is 1. The molecular formula is C12H5Cl2N3O3. The van der Waals surface area contributed by atoms with Crippen molar-refractivity contribution >= 4 is 28.9 Å². The number of hydrogen-bond acceptors (Lipinski definition) is 5. The molecule has 0 saturated carbocycles. The van der Waals surface area contributed by atoms with Gasteiger partial charge in [-0.15, -0.1) is 0 Å². The summed E-state index contributed by atoms with van der Waals surface area (Å²) < 4.78 is 5.36. The first-order valence-corrected chi connectivity index (χ1v) is 5.94. The van der Waals surface area contributed by atoms with E-state index in [1.807, 2.05) is 6.07 Å². The lowest BCUT2D eigenvalue weighted by Gasteiger charge is -2.08. The third-order valence-corrected chi connectivity index (χ3v) is 3.05. The van der Waals surface area contributed by atoms with Crippen LogP contribution in [0.1, 0.15) is 5.56 Å². The molecule has 0 fully saturated rings. The van der Waals surface area contributed by atoms with Crippen molar-refractivity contribution in [1.82, 2.24) is 4.98 Å². The Balaban J connectivity index is 2.51. The highest BCUT2D eigenvalue weighted by Gasteiger charge is 2.20. The van der Waals surface area contributed by atoms with Gasteiger partial charge >= 0.3 is 5.69 Å². The molecule has 1 heterocycles. The standard InChI is InChI=1S/C12H5Cl2N3O3/c13-8-3-10(17(18)19)11(4-9(8)14)20-12-6-16-2-1-7(12)5-15/h1-4,6H. The molecule has 0 amide bonds. The van der Waals surface area contributed by atoms with E-state index in [2.05, 4.69) is 4.98 Å². The number of nitriles is 1. The molecule has 0 bridgehead atoms. The number of nitro benzene ring substituents is 1. The van der Waals surface area contributed by atoms with Crippen LogP contribution in [0.2, 0.25) is 10.0 Å². The lowest BCUT2D eigenvalue weighted by molar-refractivity contribution is -0.385. The number of hydrogen-bond donors (Lipinski definition) is 0. The molecule has 8 heteroatoms. The van der Waals surface area contributed by atoms with Gasteiger partial charge in [-0.2, -0.15) is 5.26 Å². The maximum Gasteiger partial charge on any atom is 0.313 e. The molecule has 2 aromatic rings. The van der Waals surface area contributed by atoms with Gasteiger partial charge in [-0.1, -0.05) is 23.2 Å². The van der Waals surface area contributed by atoms with Crippen LogP contribution in [-0.4, -0.2) is 9.91 Å². The molecule has 0 aliphatic heterocycles. The van der Waals surface area contributed by atoms with Crippen LogP contribution in [0.3, 0.4) is 0 Å². The van der Waals surface area contributed by atoms with Crippen molar-refractivity contribution in [2.24, 2.45) is 0 Å². The first-order chi connectivity index (χ1) is 9.52. The molecule has 1 aromatic heterocycles. The molecular weight excluding hydrogens is 305 g/mol. The van der Waals surface area contributed by atoms with E-state index >= 15 is 0 Å². The summed E-state index contributed by atoms with van der Waals surface area (Å²) in [7, 11) is 0. The molecule has 0 saturated heterocycles. The highest BCUT2D eigenvalue weighted by atomic mass is 35.5. The summed E-state index contributed by atoms with van der Waals surface area (Å²) in [5.74, 6) is -0.0228. The third-order valence-electron chi connectivity index (χ3n) is 2.32. The van der Waals surface area contributed by atoms with E-state index in [0.29, 0.717) is 0 Å². The maximum atomic E-state index is 11.0. The van der Waals surface area contributed by atoms with Gasteiger partial charge in [0.25, 0.3) is 0 Å². The Morgan fingerprint density at radius 1 is 1.30 bits per heavy atom. The maximum absolute atomic E-state index is 11.0. The summed E-state index contributed by atoms with van der Waals surface area (Å²) in [6.07, 6.45) is 2.69. The number of halogens is 2. The Hall–Kier alpha value is -2.36. The summed E-state index contributed by atoms with van der Waals surface area (Å²) in [4.78, 5) is 14.1. The monoisotopic (exact) mass is 309 g/mol. The van der Waals surface area contributed by atoms with Gasteiger partial charge in [0, 0.05) is 18.3 Å². The van der Waals surface area contributed by atoms with Crippen molar-refractivity contribution in [1.29, 1.82) is 5.26 Å². The molecule has 100 valence electrons. The van der Waals surface area contributed by atoms with Crippen LogP contribution in [-0.2, 0) is 0 Å². The normalized spacial score (nSPS) is 9.85. The van der Waals surface area contributed by atoms with E-state index in [-0.39, 0.29) is 32.8 Å². The topological polar surface area (TPSA) is 89.0 Å². The van der Waals surface area contributed by atoms with Gasteiger partial charge in [0.2, 0.25) is 5.75 Å². The highest BCUT2D eigenvalue weighted by molar-refractivity contribution is 6.42. The fraction of sp³-hybridized carbons (Fsp3) is 0. The number of pyridine rings is 1. The highest BCUT2D eigenvalue weighted by Crippen LogP contribution is 2.38. The molecule has 0 N–H and O–H groups in total. The molecule has 6 nitrogen and oxygen atoms in total. The summed E-state index contributed by atoms with van der Waals surface area (Å²) in [5.41, 5.74) is -0.160. The Morgan fingerprint density at radius 2 is 2.00 bits per heavy atom. The van der Waals surface area contributed by atoms with Crippen LogP contribution in [0.5, 0.6) is 11.5 Å². The van der Waals surface area contributed by atoms with Crippen molar-refractivity contribution in [3.05, 3.63) is 56.3 Å². The second-order valence-corrected chi connectivity index (χ2v) is 4.39. The van der Waals surface area contributed by atoms with Gasteiger partial charge < -0.3 is 4.74 Å². The number of nitrogens with zero attached hydrogens (tertiary/aromatic N) is 3. The number of nitro groups is 1. The first-order valence-electron chi connectivity index (χ1n) is 5.18. The Bertz CT molecular complexity index is 728. The van der Waals surface area contributed by atoms with Crippen LogP contribution in [0.15, 0.2) is 30.6 Å². The van der Waals surface area contributed by atoms with Crippen molar-refractivity contribution < 1.29 is 9.66 Å². The SMILES string of the molecule is N#Cc1ccncc1Oc1cc(Cl)c(Cl)cc1[N+](=O)[O-]. The lowest BCUT2D eigenvalue weighted by Crippen LogP contribution is -1.95. The quantitative estimate of drug-likeness (QED) is 0.632. The van der Waals surface area contributed by atoms with Gasteiger partial charge in [0.1, 0.15) is 6.07 Å². The summed E-state index contributed by atoms with van der Waals surface area (Å²) in [6, 6.07) is 5.63. The molecule has 0 spiro atoms. The molecule has 0 atom stereocenters. The number of rotatable bonds is 3. The van der Waals surface area contributed by atoms with Crippen molar-refractivity contribution in [2.75, 3.05) is 0 Å². The van der Waals surface area contributed by atoms with E-state index in [1.165, 1.54) is 24.5 Å². The van der Waals surface area contributed by atoms with Gasteiger partial charge in [0.05, 0.1) is 26.7 Å². The zero-order valence-corrected chi connectivity index (χ0v) is 11.2. The first kappa shape index (κ1) is 14.1. The summed E-state index contributed by atoms with van der Waals surface area (Å²) in [5, 5.41) is 20.1. The molecule has 2 rings (SSSR count). The van der Waals surface area contributed by atoms with Gasteiger partial charge in [-0.25, -0.2) is 0 Å². The minimum atomic E-state index is -0.653. The minimum Gasteiger partial charge on any atom is -0.447 e. The van der Waals surface area contributed by atoms with E-state index in [1.54, 1.807) is 0 Å². The predicted octanol–water partition coefficient (Wildman–Crippen LogP) is 3.96. The van der Waals surface area contributed by atoms with Crippen molar-refractivity contribution in [3.8, 4) is 17.6 Å². The van der Waals surface area contributed by atoms with Gasteiger partial charge in [-0.05, 0) is 6.07 Å². The zero-order valence-electron chi connectivity index (χ0n) is 9.71. The molecule has 0 unspecified atom stereocenters. The van der Waals surface area contributed by atoms with Gasteiger partial charge in [-0.3, -0.25) is 15.1 Å². The average Bonchev–Trinajstić information content (AvgIpc) is 2.43. The molecule has 0 aliphatic carbocycles. The van der Waals surface area contributed by atoms with Crippen LogP contribution < -0.4 is 4.74 Å². The smallest absolute Gasteiger partial charge is 0.313 e.